The number of hydrogen-bond donors (Lipinski definition) is 2. The molecule has 1 saturated carbocycles. The number of carbonyl (C=O) groups excluding carboxylic acids is 2. The highest BCUT2D eigenvalue weighted by Crippen LogP contribution is 2.33. The molecule has 11 heteroatoms. The van der Waals surface area contributed by atoms with Crippen LogP contribution in [0.25, 0.3) is 0 Å². The van der Waals surface area contributed by atoms with Gasteiger partial charge in [-0.1, -0.05) is 31.4 Å². The predicted molar refractivity (Wildman–Crippen MR) is 125 cm³/mol. The van der Waals surface area contributed by atoms with Gasteiger partial charge >= 0.3 is 5.97 Å². The first kappa shape index (κ1) is 24.6. The molecule has 2 aliphatic heterocycles. The van der Waals surface area contributed by atoms with Gasteiger partial charge in [0.05, 0.1) is 18.1 Å². The zero-order valence-corrected chi connectivity index (χ0v) is 20.2. The lowest BCUT2D eigenvalue weighted by molar-refractivity contribution is -0.149. The normalized spacial score (nSPS) is 23.5. The highest BCUT2D eigenvalue weighted by Gasteiger charge is 2.39. The number of sulfonamides is 1. The van der Waals surface area contributed by atoms with Crippen molar-refractivity contribution in [3.63, 3.8) is 0 Å². The van der Waals surface area contributed by atoms with Gasteiger partial charge in [0.1, 0.15) is 11.9 Å². The monoisotopic (exact) mass is 492 g/mol. The van der Waals surface area contributed by atoms with E-state index >= 15 is 0 Å². The molecule has 0 unspecified atom stereocenters. The Morgan fingerprint density at radius 1 is 1.21 bits per heavy atom. The van der Waals surface area contributed by atoms with Gasteiger partial charge in [-0.2, -0.15) is 0 Å². The van der Waals surface area contributed by atoms with Crippen LogP contribution in [0.15, 0.2) is 34.2 Å². The molecule has 2 N–H and O–H groups in total. The first-order chi connectivity index (χ1) is 16.3. The van der Waals surface area contributed by atoms with E-state index < -0.39 is 28.6 Å². The molecule has 1 amide bonds. The summed E-state index contributed by atoms with van der Waals surface area (Å²) in [4.78, 5) is 31.6. The minimum absolute atomic E-state index is 0.0754. The molecule has 10 nitrogen and oxygen atoms in total. The fourth-order valence-electron chi connectivity index (χ4n) is 4.90. The fourth-order valence-corrected chi connectivity index (χ4v) is 6.14. The van der Waals surface area contributed by atoms with E-state index in [0.717, 1.165) is 38.8 Å². The summed E-state index contributed by atoms with van der Waals surface area (Å²) in [5.74, 6) is -0.973. The number of morpholine rings is 1. The third-order valence-corrected chi connectivity index (χ3v) is 8.15. The summed E-state index contributed by atoms with van der Waals surface area (Å²) < 4.78 is 37.4. The van der Waals surface area contributed by atoms with Crippen LogP contribution in [-0.2, 0) is 29.1 Å². The van der Waals surface area contributed by atoms with Crippen molar-refractivity contribution in [1.82, 2.24) is 14.9 Å². The van der Waals surface area contributed by atoms with Gasteiger partial charge in [-0.05, 0) is 31.9 Å². The van der Waals surface area contributed by atoms with E-state index in [0.29, 0.717) is 25.3 Å². The third kappa shape index (κ3) is 5.42. The molecule has 1 aliphatic carbocycles. The molecule has 1 saturated heterocycles. The van der Waals surface area contributed by atoms with Crippen molar-refractivity contribution < 1.29 is 27.5 Å². The van der Waals surface area contributed by atoms with Crippen molar-refractivity contribution in [3.8, 4) is 0 Å². The molecular weight excluding hydrogens is 460 g/mol. The number of fused-ring (bicyclic) bond motifs is 1. The van der Waals surface area contributed by atoms with Gasteiger partial charge in [-0.15, -0.1) is 0 Å². The summed E-state index contributed by atoms with van der Waals surface area (Å²) in [5.41, 5.74) is 0.328. The van der Waals surface area contributed by atoms with E-state index in [9.17, 15) is 18.0 Å². The van der Waals surface area contributed by atoms with Gasteiger partial charge in [0.15, 0.2) is 6.61 Å². The highest BCUT2D eigenvalue weighted by atomic mass is 32.2. The Balaban J connectivity index is 1.30. The number of benzene rings is 1. The Kier molecular flexibility index (Phi) is 7.54. The van der Waals surface area contributed by atoms with Gasteiger partial charge in [0.25, 0.3) is 15.9 Å². The summed E-state index contributed by atoms with van der Waals surface area (Å²) in [6.07, 6.45) is 5.52. The summed E-state index contributed by atoms with van der Waals surface area (Å²) in [6, 6.07) is 5.43. The maximum Gasteiger partial charge on any atom is 0.331 e. The van der Waals surface area contributed by atoms with Crippen molar-refractivity contribution in [2.45, 2.75) is 55.5 Å². The average molecular weight is 493 g/mol. The molecule has 0 aromatic heterocycles. The summed E-state index contributed by atoms with van der Waals surface area (Å²) in [5, 5.41) is 2.96. The van der Waals surface area contributed by atoms with Crippen LogP contribution < -0.4 is 10.0 Å². The molecule has 186 valence electrons. The smallest absolute Gasteiger partial charge is 0.331 e. The quantitative estimate of drug-likeness (QED) is 0.540. The Bertz CT molecular complexity index is 1050. The average Bonchev–Trinajstić information content (AvgIpc) is 3.12. The molecule has 0 radical (unpaired) electrons. The topological polar surface area (TPSA) is 126 Å². The van der Waals surface area contributed by atoms with Gasteiger partial charge < -0.3 is 14.8 Å². The second-order valence-electron chi connectivity index (χ2n) is 9.02. The van der Waals surface area contributed by atoms with Gasteiger partial charge in [0, 0.05) is 30.7 Å². The number of amides is 1. The zero-order valence-electron chi connectivity index (χ0n) is 19.4. The molecule has 3 aliphatic rings. The number of aliphatic imine (C=N–C) groups is 1. The van der Waals surface area contributed by atoms with E-state index in [1.807, 2.05) is 0 Å². The zero-order chi connectivity index (χ0) is 24.2. The molecule has 2 heterocycles. The maximum absolute atomic E-state index is 12.5. The molecule has 1 aromatic rings. The van der Waals surface area contributed by atoms with Gasteiger partial charge in [-0.3, -0.25) is 19.4 Å². The van der Waals surface area contributed by atoms with Crippen molar-refractivity contribution in [2.75, 3.05) is 39.5 Å². The number of rotatable bonds is 7. The molecule has 1 atom stereocenters. The number of esters is 1. The minimum atomic E-state index is -3.69. The standard InChI is InChI=1S/C23H32N4O6S/c1-17(25-21-18-7-3-4-8-19(18)34(30,31)26-21)22(29)33-15-20(28)24-16-23(9-5-2-6-10-23)27-11-13-32-14-12-27/h3-4,7-8,17H,2,5-6,9-16H2,1H3,(H,24,28)(H,25,26)/t17-/m0/s1. The van der Waals surface area contributed by atoms with Gasteiger partial charge in [0.2, 0.25) is 0 Å². The largest absolute Gasteiger partial charge is 0.454 e. The fraction of sp³-hybridized carbons (Fsp3) is 0.609. The first-order valence-electron chi connectivity index (χ1n) is 11.8. The van der Waals surface area contributed by atoms with E-state index in [4.69, 9.17) is 9.47 Å². The van der Waals surface area contributed by atoms with Crippen LogP contribution in [0.4, 0.5) is 0 Å². The molecule has 4 rings (SSSR count). The van der Waals surface area contributed by atoms with Crippen molar-refractivity contribution in [2.24, 2.45) is 4.99 Å². The number of ether oxygens (including phenoxy) is 2. The van der Waals surface area contributed by atoms with E-state index in [1.165, 1.54) is 19.4 Å². The second kappa shape index (κ2) is 10.4. The summed E-state index contributed by atoms with van der Waals surface area (Å²) in [7, 11) is -3.69. The Hall–Kier alpha value is -2.50. The predicted octanol–water partition coefficient (Wildman–Crippen LogP) is 0.808. The molecular formula is C23H32N4O6S. The Morgan fingerprint density at radius 3 is 2.65 bits per heavy atom. The Morgan fingerprint density at radius 2 is 1.91 bits per heavy atom. The summed E-state index contributed by atoms with van der Waals surface area (Å²) >= 11 is 0. The minimum Gasteiger partial charge on any atom is -0.454 e. The van der Waals surface area contributed by atoms with Crippen molar-refractivity contribution in [1.29, 1.82) is 0 Å². The lowest BCUT2D eigenvalue weighted by Crippen LogP contribution is -2.59. The van der Waals surface area contributed by atoms with Crippen LogP contribution in [0.2, 0.25) is 0 Å². The first-order valence-corrected chi connectivity index (χ1v) is 13.3. The number of nitrogens with zero attached hydrogens (tertiary/aromatic N) is 2. The van der Waals surface area contributed by atoms with E-state index in [-0.39, 0.29) is 22.2 Å². The maximum atomic E-state index is 12.5. The van der Waals surface area contributed by atoms with Crippen LogP contribution in [0, 0.1) is 0 Å². The highest BCUT2D eigenvalue weighted by molar-refractivity contribution is 7.90. The van der Waals surface area contributed by atoms with Crippen molar-refractivity contribution in [3.05, 3.63) is 29.8 Å². The lowest BCUT2D eigenvalue weighted by atomic mass is 9.79. The number of carbonyl (C=O) groups is 2. The van der Waals surface area contributed by atoms with Crippen LogP contribution >= 0.6 is 0 Å². The third-order valence-electron chi connectivity index (χ3n) is 6.75. The SMILES string of the molecule is C[C@H](N=C1NS(=O)(=O)c2ccccc21)C(=O)OCC(=O)NCC1(N2CCOCC2)CCCCC1. The van der Waals surface area contributed by atoms with E-state index in [2.05, 4.69) is 19.9 Å². The lowest BCUT2D eigenvalue weighted by Gasteiger charge is -2.48. The molecule has 0 bridgehead atoms. The van der Waals surface area contributed by atoms with Crippen LogP contribution in [0.1, 0.15) is 44.6 Å². The molecule has 1 aromatic carbocycles. The van der Waals surface area contributed by atoms with Crippen LogP contribution in [-0.4, -0.2) is 82.1 Å². The summed E-state index contributed by atoms with van der Waals surface area (Å²) in [6.45, 7) is 4.72. The van der Waals surface area contributed by atoms with Crippen molar-refractivity contribution >= 4 is 27.7 Å². The Labute approximate surface area is 200 Å². The van der Waals surface area contributed by atoms with Crippen LogP contribution in [0.5, 0.6) is 0 Å². The number of nitrogens with one attached hydrogen (secondary N) is 2. The molecule has 34 heavy (non-hydrogen) atoms. The number of amidine groups is 1. The second-order valence-corrected chi connectivity index (χ2v) is 10.7. The van der Waals surface area contributed by atoms with E-state index in [1.54, 1.807) is 18.2 Å². The molecule has 0 spiro atoms. The van der Waals surface area contributed by atoms with Crippen LogP contribution in [0.3, 0.4) is 0 Å². The molecule has 2 fully saturated rings. The van der Waals surface area contributed by atoms with Gasteiger partial charge in [-0.25, -0.2) is 13.2 Å². The number of hydrogen-bond acceptors (Lipinski definition) is 8.